The average Bonchev–Trinajstić information content (AvgIpc) is 2.60. The maximum absolute atomic E-state index is 12.8. The molecule has 6 heteroatoms. The van der Waals surface area contributed by atoms with Crippen molar-refractivity contribution in [3.05, 3.63) is 72.3 Å². The second-order valence-electron chi connectivity index (χ2n) is 5.29. The molecule has 0 heterocycles. The second kappa shape index (κ2) is 7.31. The monoisotopic (exact) mass is 344 g/mol. The lowest BCUT2D eigenvalue weighted by Gasteiger charge is -2.22. The Balaban J connectivity index is 2.40. The first-order chi connectivity index (χ1) is 11.4. The summed E-state index contributed by atoms with van der Waals surface area (Å²) in [6.45, 7) is 5.70. The first-order valence-electron chi connectivity index (χ1n) is 7.41. The van der Waals surface area contributed by atoms with Crippen LogP contribution in [0.4, 0.5) is 5.69 Å². The van der Waals surface area contributed by atoms with Gasteiger partial charge in [0, 0.05) is 19.2 Å². The SMILES string of the molecule is C=CCNC(=O)c1ccc(C)c(N(C)S(=O)(=O)c2ccccc2)c1. The number of amides is 1. The fraction of sp³-hybridized carbons (Fsp3) is 0.167. The molecule has 0 atom stereocenters. The fourth-order valence-electron chi connectivity index (χ4n) is 2.24. The third-order valence-electron chi connectivity index (χ3n) is 3.62. The van der Waals surface area contributed by atoms with Gasteiger partial charge in [-0.1, -0.05) is 30.3 Å². The topological polar surface area (TPSA) is 66.5 Å². The van der Waals surface area contributed by atoms with Gasteiger partial charge in [0.2, 0.25) is 0 Å². The van der Waals surface area contributed by atoms with Crippen molar-refractivity contribution in [3.8, 4) is 0 Å². The number of anilines is 1. The minimum atomic E-state index is -3.69. The number of carbonyl (C=O) groups is 1. The molecular weight excluding hydrogens is 324 g/mol. The second-order valence-corrected chi connectivity index (χ2v) is 7.25. The highest BCUT2D eigenvalue weighted by Gasteiger charge is 2.23. The van der Waals surface area contributed by atoms with Crippen LogP contribution in [0.25, 0.3) is 0 Å². The van der Waals surface area contributed by atoms with Gasteiger partial charge in [0.15, 0.2) is 0 Å². The van der Waals surface area contributed by atoms with Crippen LogP contribution in [0, 0.1) is 6.92 Å². The molecular formula is C18H20N2O3S. The minimum absolute atomic E-state index is 0.202. The van der Waals surface area contributed by atoms with E-state index in [0.29, 0.717) is 17.8 Å². The summed E-state index contributed by atoms with van der Waals surface area (Å²) in [5.74, 6) is -0.276. The van der Waals surface area contributed by atoms with E-state index in [1.54, 1.807) is 61.5 Å². The zero-order valence-electron chi connectivity index (χ0n) is 13.7. The van der Waals surface area contributed by atoms with E-state index in [0.717, 1.165) is 5.56 Å². The van der Waals surface area contributed by atoms with Gasteiger partial charge in [0.1, 0.15) is 0 Å². The van der Waals surface area contributed by atoms with Crippen molar-refractivity contribution in [2.24, 2.45) is 0 Å². The summed E-state index contributed by atoms with van der Waals surface area (Å²) in [6, 6.07) is 13.2. The van der Waals surface area contributed by atoms with Gasteiger partial charge in [-0.25, -0.2) is 8.42 Å². The quantitative estimate of drug-likeness (QED) is 0.820. The van der Waals surface area contributed by atoms with Gasteiger partial charge < -0.3 is 5.32 Å². The Bertz CT molecular complexity index is 846. The summed E-state index contributed by atoms with van der Waals surface area (Å²) in [5, 5.41) is 2.68. The molecule has 24 heavy (non-hydrogen) atoms. The molecule has 2 aromatic carbocycles. The number of hydrogen-bond acceptors (Lipinski definition) is 3. The normalized spacial score (nSPS) is 10.9. The van der Waals surface area contributed by atoms with Gasteiger partial charge >= 0.3 is 0 Å². The average molecular weight is 344 g/mol. The van der Waals surface area contributed by atoms with Crippen molar-refractivity contribution in [3.63, 3.8) is 0 Å². The molecule has 5 nitrogen and oxygen atoms in total. The van der Waals surface area contributed by atoms with Crippen LogP contribution in [-0.4, -0.2) is 27.9 Å². The molecule has 0 aliphatic carbocycles. The third-order valence-corrected chi connectivity index (χ3v) is 5.40. The summed E-state index contributed by atoms with van der Waals surface area (Å²) in [5.41, 5.74) is 1.62. The Hall–Kier alpha value is -2.60. The fourth-order valence-corrected chi connectivity index (χ4v) is 3.51. The summed E-state index contributed by atoms with van der Waals surface area (Å²) >= 11 is 0. The molecule has 0 aliphatic heterocycles. The van der Waals surface area contributed by atoms with Crippen molar-refractivity contribution in [2.45, 2.75) is 11.8 Å². The van der Waals surface area contributed by atoms with Gasteiger partial charge in [-0.2, -0.15) is 0 Å². The maximum Gasteiger partial charge on any atom is 0.264 e. The molecule has 0 fully saturated rings. The zero-order valence-corrected chi connectivity index (χ0v) is 14.5. The van der Waals surface area contributed by atoms with Crippen LogP contribution in [-0.2, 0) is 10.0 Å². The first-order valence-corrected chi connectivity index (χ1v) is 8.85. The van der Waals surface area contributed by atoms with E-state index in [1.807, 2.05) is 0 Å². The molecule has 126 valence electrons. The standard InChI is InChI=1S/C18H20N2O3S/c1-4-12-19-18(21)15-11-10-14(2)17(13-15)20(3)24(22,23)16-8-6-5-7-9-16/h4-11,13H,1,12H2,2-3H3,(H,19,21). The van der Waals surface area contributed by atoms with Crippen LogP contribution in [0.2, 0.25) is 0 Å². The van der Waals surface area contributed by atoms with Crippen molar-refractivity contribution in [2.75, 3.05) is 17.9 Å². The van der Waals surface area contributed by atoms with Crippen LogP contribution in [0.3, 0.4) is 0 Å². The van der Waals surface area contributed by atoms with Crippen LogP contribution < -0.4 is 9.62 Å². The minimum Gasteiger partial charge on any atom is -0.349 e. The van der Waals surface area contributed by atoms with E-state index in [-0.39, 0.29) is 10.8 Å². The van der Waals surface area contributed by atoms with Crippen LogP contribution in [0.5, 0.6) is 0 Å². The summed E-state index contributed by atoms with van der Waals surface area (Å²) in [6.07, 6.45) is 1.58. The van der Waals surface area contributed by atoms with Gasteiger partial charge in [0.05, 0.1) is 10.6 Å². The van der Waals surface area contributed by atoms with E-state index in [9.17, 15) is 13.2 Å². The van der Waals surface area contributed by atoms with E-state index in [4.69, 9.17) is 0 Å². The number of benzene rings is 2. The largest absolute Gasteiger partial charge is 0.349 e. The summed E-state index contributed by atoms with van der Waals surface area (Å²) in [4.78, 5) is 12.3. The summed E-state index contributed by atoms with van der Waals surface area (Å²) in [7, 11) is -2.21. The highest BCUT2D eigenvalue weighted by Crippen LogP contribution is 2.26. The van der Waals surface area contributed by atoms with E-state index in [2.05, 4.69) is 11.9 Å². The lowest BCUT2D eigenvalue weighted by molar-refractivity contribution is 0.0958. The highest BCUT2D eigenvalue weighted by molar-refractivity contribution is 7.92. The Labute approximate surface area is 142 Å². The number of aryl methyl sites for hydroxylation is 1. The predicted octanol–water partition coefficient (Wildman–Crippen LogP) is 2.74. The summed E-state index contributed by atoms with van der Waals surface area (Å²) < 4.78 is 26.7. The smallest absolute Gasteiger partial charge is 0.264 e. The number of hydrogen-bond donors (Lipinski definition) is 1. The number of sulfonamides is 1. The number of rotatable bonds is 6. The Kier molecular flexibility index (Phi) is 5.41. The molecule has 0 bridgehead atoms. The molecule has 0 spiro atoms. The first kappa shape index (κ1) is 17.7. The number of nitrogens with zero attached hydrogens (tertiary/aromatic N) is 1. The van der Waals surface area contributed by atoms with Crippen molar-refractivity contribution < 1.29 is 13.2 Å². The Morgan fingerprint density at radius 2 is 1.88 bits per heavy atom. The molecule has 0 saturated heterocycles. The lowest BCUT2D eigenvalue weighted by Crippen LogP contribution is -2.28. The molecule has 0 radical (unpaired) electrons. The molecule has 0 saturated carbocycles. The van der Waals surface area contributed by atoms with E-state index >= 15 is 0 Å². The van der Waals surface area contributed by atoms with Crippen LogP contribution in [0.15, 0.2) is 66.1 Å². The molecule has 1 amide bonds. The Morgan fingerprint density at radius 1 is 1.21 bits per heavy atom. The molecule has 2 rings (SSSR count). The van der Waals surface area contributed by atoms with Gasteiger partial charge in [-0.05, 0) is 36.8 Å². The van der Waals surface area contributed by atoms with E-state index < -0.39 is 10.0 Å². The van der Waals surface area contributed by atoms with Gasteiger partial charge in [-0.15, -0.1) is 6.58 Å². The Morgan fingerprint density at radius 3 is 2.50 bits per heavy atom. The van der Waals surface area contributed by atoms with Crippen molar-refractivity contribution >= 4 is 21.6 Å². The third kappa shape index (κ3) is 3.65. The molecule has 0 aromatic heterocycles. The molecule has 0 aliphatic rings. The molecule has 0 unspecified atom stereocenters. The number of nitrogens with one attached hydrogen (secondary N) is 1. The van der Waals surface area contributed by atoms with Crippen LogP contribution in [0.1, 0.15) is 15.9 Å². The van der Waals surface area contributed by atoms with Gasteiger partial charge in [0.25, 0.3) is 15.9 Å². The molecule has 1 N–H and O–H groups in total. The maximum atomic E-state index is 12.8. The zero-order chi connectivity index (χ0) is 17.7. The number of carbonyl (C=O) groups excluding carboxylic acids is 1. The molecule has 2 aromatic rings. The lowest BCUT2D eigenvalue weighted by atomic mass is 10.1. The highest BCUT2D eigenvalue weighted by atomic mass is 32.2. The van der Waals surface area contributed by atoms with Crippen molar-refractivity contribution in [1.29, 1.82) is 0 Å². The van der Waals surface area contributed by atoms with Crippen LogP contribution >= 0.6 is 0 Å². The predicted molar refractivity (Wildman–Crippen MR) is 95.7 cm³/mol. The van der Waals surface area contributed by atoms with Gasteiger partial charge in [-0.3, -0.25) is 9.10 Å². The van der Waals surface area contributed by atoms with E-state index in [1.165, 1.54) is 11.4 Å². The van der Waals surface area contributed by atoms with Crippen molar-refractivity contribution in [1.82, 2.24) is 5.32 Å².